The Hall–Kier alpha value is -0.380. The van der Waals surface area contributed by atoms with Crippen LogP contribution in [0.1, 0.15) is 24.8 Å². The lowest BCUT2D eigenvalue weighted by atomic mass is 9.68. The highest BCUT2D eigenvalue weighted by atomic mass is 79.9. The molecule has 0 radical (unpaired) electrons. The van der Waals surface area contributed by atoms with E-state index in [1.807, 2.05) is 0 Å². The van der Waals surface area contributed by atoms with Crippen molar-refractivity contribution in [3.63, 3.8) is 0 Å². The van der Waals surface area contributed by atoms with E-state index in [0.29, 0.717) is 5.41 Å². The van der Waals surface area contributed by atoms with E-state index in [4.69, 9.17) is 0 Å². The van der Waals surface area contributed by atoms with Gasteiger partial charge < -0.3 is 10.2 Å². The van der Waals surface area contributed by atoms with E-state index in [9.17, 15) is 0 Å². The molecular formula is C15H23BrN2. The van der Waals surface area contributed by atoms with E-state index in [1.54, 1.807) is 0 Å². The fraction of sp³-hybridized carbons (Fsp3) is 0.600. The summed E-state index contributed by atoms with van der Waals surface area (Å²) in [5, 5.41) is 3.36. The summed E-state index contributed by atoms with van der Waals surface area (Å²) in [6, 6.07) is 8.50. The molecular weight excluding hydrogens is 288 g/mol. The number of nitrogens with zero attached hydrogens (tertiary/aromatic N) is 1. The van der Waals surface area contributed by atoms with Gasteiger partial charge in [0, 0.05) is 24.1 Å². The Bertz CT molecular complexity index is 388. The van der Waals surface area contributed by atoms with Gasteiger partial charge in [-0.05, 0) is 44.0 Å². The summed E-state index contributed by atoms with van der Waals surface area (Å²) in [5.74, 6) is 0. The van der Waals surface area contributed by atoms with Crippen molar-refractivity contribution >= 4 is 15.9 Å². The first-order valence-electron chi connectivity index (χ1n) is 6.72. The fourth-order valence-corrected chi connectivity index (χ4v) is 3.40. The molecule has 1 fully saturated rings. The van der Waals surface area contributed by atoms with Crippen LogP contribution in [0.2, 0.25) is 0 Å². The predicted molar refractivity (Wildman–Crippen MR) is 80.7 cm³/mol. The maximum Gasteiger partial charge on any atom is 0.0242 e. The average Bonchev–Trinajstić information content (AvgIpc) is 2.29. The van der Waals surface area contributed by atoms with Crippen LogP contribution in [0.4, 0.5) is 0 Å². The van der Waals surface area contributed by atoms with Crippen molar-refractivity contribution in [2.24, 2.45) is 5.41 Å². The lowest BCUT2D eigenvalue weighted by molar-refractivity contribution is 0.0767. The van der Waals surface area contributed by atoms with Crippen LogP contribution in [0.5, 0.6) is 0 Å². The van der Waals surface area contributed by atoms with Gasteiger partial charge in [-0.1, -0.05) is 40.5 Å². The van der Waals surface area contributed by atoms with Crippen molar-refractivity contribution in [2.75, 3.05) is 27.2 Å². The molecule has 2 rings (SSSR count). The monoisotopic (exact) mass is 310 g/mol. The van der Waals surface area contributed by atoms with Crippen LogP contribution in [0, 0.1) is 5.41 Å². The highest BCUT2D eigenvalue weighted by molar-refractivity contribution is 9.10. The maximum atomic E-state index is 3.63. The van der Waals surface area contributed by atoms with Gasteiger partial charge >= 0.3 is 0 Å². The predicted octanol–water partition coefficient (Wildman–Crippen LogP) is 3.27. The molecule has 1 aromatic rings. The van der Waals surface area contributed by atoms with Gasteiger partial charge in [-0.2, -0.15) is 0 Å². The van der Waals surface area contributed by atoms with Crippen LogP contribution in [0.25, 0.3) is 0 Å². The van der Waals surface area contributed by atoms with E-state index >= 15 is 0 Å². The van der Waals surface area contributed by atoms with E-state index in [1.165, 1.54) is 35.8 Å². The molecule has 1 N–H and O–H groups in total. The van der Waals surface area contributed by atoms with Crippen molar-refractivity contribution in [1.82, 2.24) is 10.2 Å². The molecule has 0 bridgehead atoms. The zero-order valence-corrected chi connectivity index (χ0v) is 13.0. The third-order valence-electron chi connectivity index (χ3n) is 3.97. The van der Waals surface area contributed by atoms with Crippen molar-refractivity contribution in [2.45, 2.75) is 25.8 Å². The quantitative estimate of drug-likeness (QED) is 0.867. The summed E-state index contributed by atoms with van der Waals surface area (Å²) in [7, 11) is 4.29. The van der Waals surface area contributed by atoms with Gasteiger partial charge in [0.25, 0.3) is 0 Å². The molecule has 0 spiro atoms. The number of halogens is 1. The Morgan fingerprint density at radius 3 is 2.61 bits per heavy atom. The van der Waals surface area contributed by atoms with Gasteiger partial charge in [-0.3, -0.25) is 0 Å². The highest BCUT2D eigenvalue weighted by Crippen LogP contribution is 2.41. The molecule has 0 heterocycles. The van der Waals surface area contributed by atoms with Crippen LogP contribution < -0.4 is 5.32 Å². The average molecular weight is 311 g/mol. The summed E-state index contributed by atoms with van der Waals surface area (Å²) in [5.41, 5.74) is 1.89. The zero-order chi connectivity index (χ0) is 13.0. The number of hydrogen-bond acceptors (Lipinski definition) is 2. The van der Waals surface area contributed by atoms with E-state index < -0.39 is 0 Å². The summed E-state index contributed by atoms with van der Waals surface area (Å²) in [6.45, 7) is 3.36. The fourth-order valence-electron chi connectivity index (χ4n) is 2.99. The smallest absolute Gasteiger partial charge is 0.0242 e. The molecule has 18 heavy (non-hydrogen) atoms. The Labute approximate surface area is 119 Å². The van der Waals surface area contributed by atoms with Crippen molar-refractivity contribution in [1.29, 1.82) is 0 Å². The molecule has 0 saturated heterocycles. The number of benzene rings is 1. The van der Waals surface area contributed by atoms with Gasteiger partial charge in [-0.25, -0.2) is 0 Å². The number of nitrogens with one attached hydrogen (secondary N) is 1. The minimum Gasteiger partial charge on any atom is -0.319 e. The third kappa shape index (κ3) is 3.34. The van der Waals surface area contributed by atoms with Gasteiger partial charge in [0.1, 0.15) is 0 Å². The van der Waals surface area contributed by atoms with Crippen molar-refractivity contribution in [3.05, 3.63) is 34.3 Å². The Balaban J connectivity index is 1.92. The van der Waals surface area contributed by atoms with Gasteiger partial charge in [-0.15, -0.1) is 0 Å². The first kappa shape index (κ1) is 14.0. The molecule has 1 aromatic carbocycles. The van der Waals surface area contributed by atoms with Crippen molar-refractivity contribution in [3.8, 4) is 0 Å². The molecule has 1 aliphatic carbocycles. The van der Waals surface area contributed by atoms with Gasteiger partial charge in [0.15, 0.2) is 0 Å². The minimum atomic E-state index is 0.519. The van der Waals surface area contributed by atoms with Crippen LogP contribution in [0.3, 0.4) is 0 Å². The largest absolute Gasteiger partial charge is 0.319 e. The van der Waals surface area contributed by atoms with Crippen LogP contribution in [-0.4, -0.2) is 32.1 Å². The minimum absolute atomic E-state index is 0.519. The van der Waals surface area contributed by atoms with E-state index in [-0.39, 0.29) is 0 Å². The molecule has 2 nitrogen and oxygen atoms in total. The van der Waals surface area contributed by atoms with Crippen LogP contribution in [-0.2, 0) is 6.54 Å². The second-order valence-corrected chi connectivity index (χ2v) is 6.50. The summed E-state index contributed by atoms with van der Waals surface area (Å²) in [6.07, 6.45) is 4.13. The zero-order valence-electron chi connectivity index (χ0n) is 11.4. The van der Waals surface area contributed by atoms with Gasteiger partial charge in [0.05, 0.1) is 0 Å². The first-order chi connectivity index (χ1) is 8.65. The second kappa shape index (κ2) is 6.18. The van der Waals surface area contributed by atoms with Crippen molar-refractivity contribution < 1.29 is 0 Å². The molecule has 0 amide bonds. The van der Waals surface area contributed by atoms with E-state index in [0.717, 1.165) is 13.1 Å². The third-order valence-corrected chi connectivity index (χ3v) is 4.74. The second-order valence-electron chi connectivity index (χ2n) is 5.65. The Morgan fingerprint density at radius 1 is 1.33 bits per heavy atom. The molecule has 0 aromatic heterocycles. The molecule has 0 unspecified atom stereocenters. The Kier molecular flexibility index (Phi) is 4.82. The van der Waals surface area contributed by atoms with Crippen LogP contribution in [0.15, 0.2) is 28.7 Å². The SMILES string of the molecule is CNCC1(CN(C)Cc2ccccc2Br)CCC1. The molecule has 0 atom stereocenters. The molecule has 1 aliphatic rings. The topological polar surface area (TPSA) is 15.3 Å². The van der Waals surface area contributed by atoms with Gasteiger partial charge in [0.2, 0.25) is 0 Å². The number of rotatable bonds is 6. The molecule has 1 saturated carbocycles. The van der Waals surface area contributed by atoms with Crippen LogP contribution >= 0.6 is 15.9 Å². The number of hydrogen-bond donors (Lipinski definition) is 1. The molecule has 3 heteroatoms. The summed E-state index contributed by atoms with van der Waals surface area (Å²) >= 11 is 3.63. The summed E-state index contributed by atoms with van der Waals surface area (Å²) in [4.78, 5) is 2.45. The normalized spacial score (nSPS) is 17.8. The first-order valence-corrected chi connectivity index (χ1v) is 7.51. The lowest BCUT2D eigenvalue weighted by Gasteiger charge is -2.44. The molecule has 100 valence electrons. The highest BCUT2D eigenvalue weighted by Gasteiger charge is 2.37. The molecule has 0 aliphatic heterocycles. The van der Waals surface area contributed by atoms with E-state index in [2.05, 4.69) is 64.5 Å². The lowest BCUT2D eigenvalue weighted by Crippen LogP contribution is -2.46. The maximum absolute atomic E-state index is 3.63. The standard InChI is InChI=1S/C15H23BrN2/c1-17-11-15(8-5-9-15)12-18(2)10-13-6-3-4-7-14(13)16/h3-4,6-7,17H,5,8-12H2,1-2H3. The Morgan fingerprint density at radius 2 is 2.06 bits per heavy atom. The summed E-state index contributed by atoms with van der Waals surface area (Å²) < 4.78 is 1.22.